The van der Waals surface area contributed by atoms with Crippen molar-refractivity contribution in [1.82, 2.24) is 15.0 Å². The monoisotopic (exact) mass is 314 g/mol. The fraction of sp³-hybridized carbons (Fsp3) is 0. The van der Waals surface area contributed by atoms with Gasteiger partial charge in [0.25, 0.3) is 0 Å². The normalized spacial score (nSPS) is 11.6. The molecule has 6 heteroatoms. The van der Waals surface area contributed by atoms with Gasteiger partial charge in [-0.3, -0.25) is 0 Å². The molecule has 0 aliphatic carbocycles. The summed E-state index contributed by atoms with van der Waals surface area (Å²) in [5.41, 5.74) is 2.44. The van der Waals surface area contributed by atoms with Crippen molar-refractivity contribution in [3.05, 3.63) is 58.1 Å². The molecular formula is C15H8Cl2N4. The molecule has 1 aromatic heterocycles. The van der Waals surface area contributed by atoms with Gasteiger partial charge in [0.1, 0.15) is 17.3 Å². The zero-order valence-electron chi connectivity index (χ0n) is 10.7. The Labute approximate surface area is 130 Å². The SMILES string of the molecule is N#C/C(=C\c1cccc(Cl)c1Cl)n1nnc2ccccc21. The molecule has 102 valence electrons. The average Bonchev–Trinajstić information content (AvgIpc) is 2.93. The number of para-hydroxylation sites is 1. The molecule has 3 rings (SSSR count). The lowest BCUT2D eigenvalue weighted by Crippen LogP contribution is -1.97. The zero-order valence-corrected chi connectivity index (χ0v) is 12.2. The van der Waals surface area contributed by atoms with Crippen LogP contribution in [0.3, 0.4) is 0 Å². The summed E-state index contributed by atoms with van der Waals surface area (Å²) in [5, 5.41) is 18.3. The first-order valence-electron chi connectivity index (χ1n) is 6.07. The Morgan fingerprint density at radius 3 is 2.76 bits per heavy atom. The number of fused-ring (bicyclic) bond motifs is 1. The third-order valence-corrected chi connectivity index (χ3v) is 3.80. The summed E-state index contributed by atoms with van der Waals surface area (Å²) in [6, 6.07) is 14.8. The second-order valence-corrected chi connectivity index (χ2v) is 5.06. The van der Waals surface area contributed by atoms with Gasteiger partial charge in [0.05, 0.1) is 15.6 Å². The minimum atomic E-state index is 0.313. The van der Waals surface area contributed by atoms with E-state index in [1.54, 1.807) is 24.3 Å². The van der Waals surface area contributed by atoms with Crippen molar-refractivity contribution in [1.29, 1.82) is 5.26 Å². The Kier molecular flexibility index (Phi) is 3.61. The van der Waals surface area contributed by atoms with E-state index in [1.807, 2.05) is 24.3 Å². The van der Waals surface area contributed by atoms with Crippen LogP contribution in [0.1, 0.15) is 5.56 Å². The molecule has 0 saturated heterocycles. The van der Waals surface area contributed by atoms with Crippen molar-refractivity contribution in [3.8, 4) is 6.07 Å². The molecule has 0 atom stereocenters. The Balaban J connectivity index is 2.17. The highest BCUT2D eigenvalue weighted by Crippen LogP contribution is 2.28. The van der Waals surface area contributed by atoms with E-state index >= 15 is 0 Å². The Hall–Kier alpha value is -2.35. The molecule has 4 nitrogen and oxygen atoms in total. The summed E-state index contributed by atoms with van der Waals surface area (Å²) in [6.45, 7) is 0. The van der Waals surface area contributed by atoms with Gasteiger partial charge in [-0.1, -0.05) is 52.7 Å². The molecule has 0 saturated carbocycles. The van der Waals surface area contributed by atoms with Gasteiger partial charge in [-0.15, -0.1) is 5.10 Å². The first-order valence-corrected chi connectivity index (χ1v) is 6.83. The molecule has 1 heterocycles. The van der Waals surface area contributed by atoms with Gasteiger partial charge < -0.3 is 0 Å². The Morgan fingerprint density at radius 2 is 1.95 bits per heavy atom. The number of nitrogens with zero attached hydrogens (tertiary/aromatic N) is 4. The van der Waals surface area contributed by atoms with Crippen molar-refractivity contribution < 1.29 is 0 Å². The van der Waals surface area contributed by atoms with E-state index in [4.69, 9.17) is 23.2 Å². The molecule has 0 radical (unpaired) electrons. The molecule has 0 bridgehead atoms. The minimum Gasteiger partial charge on any atom is -0.202 e. The van der Waals surface area contributed by atoms with Gasteiger partial charge in [-0.25, -0.2) is 4.68 Å². The van der Waals surface area contributed by atoms with E-state index in [1.165, 1.54) is 4.68 Å². The number of allylic oxidation sites excluding steroid dienone is 1. The molecular weight excluding hydrogens is 307 g/mol. The summed E-state index contributed by atoms with van der Waals surface area (Å²) in [6.07, 6.45) is 1.63. The van der Waals surface area contributed by atoms with Crippen LogP contribution < -0.4 is 0 Å². The number of nitriles is 1. The number of aromatic nitrogens is 3. The van der Waals surface area contributed by atoms with Gasteiger partial charge in [-0.2, -0.15) is 5.26 Å². The summed E-state index contributed by atoms with van der Waals surface area (Å²) in [7, 11) is 0. The number of rotatable bonds is 2. The van der Waals surface area contributed by atoms with Gasteiger partial charge in [0.2, 0.25) is 0 Å². The molecule has 2 aromatic carbocycles. The molecule has 0 aliphatic rings. The van der Waals surface area contributed by atoms with Crippen LogP contribution in [0.4, 0.5) is 0 Å². The van der Waals surface area contributed by atoms with Gasteiger partial charge in [0, 0.05) is 0 Å². The maximum absolute atomic E-state index is 9.40. The standard InChI is InChI=1S/C15H8Cl2N4/c16-12-5-3-4-10(15(12)17)8-11(9-18)21-14-7-2-1-6-13(14)19-20-21/h1-8H/b11-8+. The summed E-state index contributed by atoms with van der Waals surface area (Å²) in [4.78, 5) is 0. The summed E-state index contributed by atoms with van der Waals surface area (Å²) >= 11 is 12.1. The topological polar surface area (TPSA) is 54.5 Å². The van der Waals surface area contributed by atoms with E-state index in [-0.39, 0.29) is 0 Å². The van der Waals surface area contributed by atoms with Gasteiger partial charge in [-0.05, 0) is 29.8 Å². The molecule has 21 heavy (non-hydrogen) atoms. The average molecular weight is 315 g/mol. The lowest BCUT2D eigenvalue weighted by Gasteiger charge is -2.03. The summed E-state index contributed by atoms with van der Waals surface area (Å²) in [5.74, 6) is 0. The number of hydrogen-bond donors (Lipinski definition) is 0. The van der Waals surface area contributed by atoms with Crippen LogP contribution in [0.5, 0.6) is 0 Å². The molecule has 0 N–H and O–H groups in total. The maximum atomic E-state index is 9.40. The van der Waals surface area contributed by atoms with Crippen LogP contribution in [0, 0.1) is 11.3 Å². The highest BCUT2D eigenvalue weighted by Gasteiger charge is 2.10. The van der Waals surface area contributed by atoms with Crippen molar-refractivity contribution in [2.45, 2.75) is 0 Å². The first kappa shape index (κ1) is 13.6. The zero-order chi connectivity index (χ0) is 14.8. The van der Waals surface area contributed by atoms with E-state index in [9.17, 15) is 5.26 Å². The van der Waals surface area contributed by atoms with Crippen LogP contribution in [0.2, 0.25) is 10.0 Å². The lowest BCUT2D eigenvalue weighted by molar-refractivity contribution is 0.848. The maximum Gasteiger partial charge on any atom is 0.145 e. The quantitative estimate of drug-likeness (QED) is 0.664. The van der Waals surface area contributed by atoms with Gasteiger partial charge >= 0.3 is 0 Å². The third kappa shape index (κ3) is 2.49. The van der Waals surface area contributed by atoms with Crippen LogP contribution in [-0.2, 0) is 0 Å². The number of hydrogen-bond acceptors (Lipinski definition) is 3. The molecule has 0 aliphatic heterocycles. The van der Waals surface area contributed by atoms with Crippen molar-refractivity contribution in [2.24, 2.45) is 0 Å². The molecule has 0 unspecified atom stereocenters. The van der Waals surface area contributed by atoms with E-state index in [0.717, 1.165) is 11.0 Å². The highest BCUT2D eigenvalue weighted by atomic mass is 35.5. The van der Waals surface area contributed by atoms with E-state index in [2.05, 4.69) is 16.4 Å². The predicted octanol–water partition coefficient (Wildman–Crippen LogP) is 4.26. The number of halogens is 2. The fourth-order valence-corrected chi connectivity index (χ4v) is 2.33. The van der Waals surface area contributed by atoms with Crippen molar-refractivity contribution in [3.63, 3.8) is 0 Å². The van der Waals surface area contributed by atoms with Crippen LogP contribution >= 0.6 is 23.2 Å². The minimum absolute atomic E-state index is 0.313. The van der Waals surface area contributed by atoms with Crippen molar-refractivity contribution >= 4 is 46.0 Å². The summed E-state index contributed by atoms with van der Waals surface area (Å²) < 4.78 is 1.48. The van der Waals surface area contributed by atoms with Crippen LogP contribution in [0.25, 0.3) is 22.8 Å². The highest BCUT2D eigenvalue weighted by molar-refractivity contribution is 6.43. The fourth-order valence-electron chi connectivity index (χ4n) is 1.97. The van der Waals surface area contributed by atoms with Gasteiger partial charge in [0.15, 0.2) is 0 Å². The Morgan fingerprint density at radius 1 is 1.14 bits per heavy atom. The second kappa shape index (κ2) is 5.57. The lowest BCUT2D eigenvalue weighted by atomic mass is 10.2. The second-order valence-electron chi connectivity index (χ2n) is 4.27. The van der Waals surface area contributed by atoms with Crippen molar-refractivity contribution in [2.75, 3.05) is 0 Å². The van der Waals surface area contributed by atoms with Crippen LogP contribution in [0.15, 0.2) is 42.5 Å². The smallest absolute Gasteiger partial charge is 0.145 e. The molecule has 0 amide bonds. The van der Waals surface area contributed by atoms with Crippen LogP contribution in [-0.4, -0.2) is 15.0 Å². The van der Waals surface area contributed by atoms with E-state index < -0.39 is 0 Å². The third-order valence-electron chi connectivity index (χ3n) is 2.97. The molecule has 0 fully saturated rings. The number of benzene rings is 2. The largest absolute Gasteiger partial charge is 0.202 e. The van der Waals surface area contributed by atoms with E-state index in [0.29, 0.717) is 21.3 Å². The molecule has 3 aromatic rings. The Bertz CT molecular complexity index is 890. The molecule has 0 spiro atoms. The first-order chi connectivity index (χ1) is 10.2. The predicted molar refractivity (Wildman–Crippen MR) is 83.8 cm³/mol.